The van der Waals surface area contributed by atoms with Gasteiger partial charge >= 0.3 is 0 Å². The van der Waals surface area contributed by atoms with Crippen LogP contribution in [0, 0.1) is 5.92 Å². The Morgan fingerprint density at radius 1 is 1.29 bits per heavy atom. The monoisotopic (exact) mass is 232 g/mol. The Morgan fingerprint density at radius 2 is 2.12 bits per heavy atom. The van der Waals surface area contributed by atoms with Crippen molar-refractivity contribution in [1.29, 1.82) is 0 Å². The van der Waals surface area contributed by atoms with Crippen LogP contribution in [0.4, 0.5) is 0 Å². The number of hydrogen-bond donors (Lipinski definition) is 2. The van der Waals surface area contributed by atoms with Crippen LogP contribution in [0.1, 0.15) is 30.0 Å². The molecule has 2 aliphatic rings. The maximum Gasteiger partial charge on any atom is 0.122 e. The number of nitrogens with two attached hydrogens (primary N) is 1. The molecule has 0 radical (unpaired) electrons. The van der Waals surface area contributed by atoms with Gasteiger partial charge < -0.3 is 15.8 Å². The molecule has 0 unspecified atom stereocenters. The first-order valence-electron chi connectivity index (χ1n) is 6.56. The highest BCUT2D eigenvalue weighted by molar-refractivity contribution is 5.40. The molecule has 1 saturated heterocycles. The average Bonchev–Trinajstić information content (AvgIpc) is 2.86. The van der Waals surface area contributed by atoms with E-state index in [2.05, 4.69) is 23.5 Å². The fourth-order valence-corrected chi connectivity index (χ4v) is 2.89. The van der Waals surface area contributed by atoms with Gasteiger partial charge in [0.15, 0.2) is 0 Å². The molecule has 0 aliphatic carbocycles. The summed E-state index contributed by atoms with van der Waals surface area (Å²) in [5.74, 6) is 1.67. The summed E-state index contributed by atoms with van der Waals surface area (Å²) in [4.78, 5) is 0. The van der Waals surface area contributed by atoms with Gasteiger partial charge in [-0.2, -0.15) is 0 Å². The van der Waals surface area contributed by atoms with Crippen LogP contribution in [0.5, 0.6) is 5.75 Å². The Bertz CT molecular complexity index is 399. The number of fused-ring (bicyclic) bond motifs is 1. The van der Waals surface area contributed by atoms with Crippen LogP contribution in [-0.4, -0.2) is 19.7 Å². The zero-order valence-corrected chi connectivity index (χ0v) is 10.1. The van der Waals surface area contributed by atoms with Crippen LogP contribution in [0.3, 0.4) is 0 Å². The second kappa shape index (κ2) is 4.67. The van der Waals surface area contributed by atoms with Crippen LogP contribution < -0.4 is 15.8 Å². The molecule has 92 valence electrons. The van der Waals surface area contributed by atoms with E-state index in [1.54, 1.807) is 0 Å². The van der Waals surface area contributed by atoms with E-state index in [1.165, 1.54) is 24.0 Å². The first-order valence-corrected chi connectivity index (χ1v) is 6.56. The molecule has 0 saturated carbocycles. The summed E-state index contributed by atoms with van der Waals surface area (Å²) >= 11 is 0. The minimum atomic E-state index is 0.183. The number of nitrogens with one attached hydrogen (secondary N) is 1. The van der Waals surface area contributed by atoms with Gasteiger partial charge in [-0.05, 0) is 49.0 Å². The van der Waals surface area contributed by atoms with Crippen molar-refractivity contribution in [3.8, 4) is 5.75 Å². The largest absolute Gasteiger partial charge is 0.493 e. The third-order valence-electron chi connectivity index (χ3n) is 3.99. The van der Waals surface area contributed by atoms with Crippen molar-refractivity contribution in [2.45, 2.75) is 25.3 Å². The molecular formula is C14H20N2O. The van der Waals surface area contributed by atoms with Crippen molar-refractivity contribution in [2.24, 2.45) is 11.7 Å². The standard InChI is InChI=1S/C14H20N2O/c15-14(10-3-6-16-7-4-10)12-1-2-13-11(9-12)5-8-17-13/h1-2,9-10,14,16H,3-8,15H2/t14-/m1/s1. The quantitative estimate of drug-likeness (QED) is 0.814. The highest BCUT2D eigenvalue weighted by Gasteiger charge is 2.23. The Morgan fingerprint density at radius 3 is 2.94 bits per heavy atom. The van der Waals surface area contributed by atoms with E-state index >= 15 is 0 Å². The van der Waals surface area contributed by atoms with Gasteiger partial charge in [-0.15, -0.1) is 0 Å². The zero-order valence-electron chi connectivity index (χ0n) is 10.1. The number of hydrogen-bond acceptors (Lipinski definition) is 3. The van der Waals surface area contributed by atoms with E-state index in [0.717, 1.165) is 31.9 Å². The topological polar surface area (TPSA) is 47.3 Å². The molecule has 0 bridgehead atoms. The normalized spacial score (nSPS) is 21.9. The molecule has 1 fully saturated rings. The van der Waals surface area contributed by atoms with Gasteiger partial charge in [-0.3, -0.25) is 0 Å². The van der Waals surface area contributed by atoms with E-state index in [-0.39, 0.29) is 6.04 Å². The number of rotatable bonds is 2. The lowest BCUT2D eigenvalue weighted by Gasteiger charge is -2.28. The van der Waals surface area contributed by atoms with Gasteiger partial charge in [0.25, 0.3) is 0 Å². The number of piperidine rings is 1. The summed E-state index contributed by atoms with van der Waals surface area (Å²) in [5.41, 5.74) is 9.00. The van der Waals surface area contributed by atoms with Crippen LogP contribution in [0.25, 0.3) is 0 Å². The number of ether oxygens (including phenoxy) is 1. The van der Waals surface area contributed by atoms with Crippen molar-refractivity contribution in [3.05, 3.63) is 29.3 Å². The molecule has 17 heavy (non-hydrogen) atoms. The fraction of sp³-hybridized carbons (Fsp3) is 0.571. The minimum absolute atomic E-state index is 0.183. The van der Waals surface area contributed by atoms with Crippen molar-refractivity contribution < 1.29 is 4.74 Å². The summed E-state index contributed by atoms with van der Waals surface area (Å²) < 4.78 is 5.53. The van der Waals surface area contributed by atoms with Gasteiger partial charge in [-0.1, -0.05) is 12.1 Å². The van der Waals surface area contributed by atoms with Gasteiger partial charge in [0.1, 0.15) is 5.75 Å². The third-order valence-corrected chi connectivity index (χ3v) is 3.99. The van der Waals surface area contributed by atoms with E-state index in [9.17, 15) is 0 Å². The summed E-state index contributed by atoms with van der Waals surface area (Å²) in [7, 11) is 0. The van der Waals surface area contributed by atoms with Crippen LogP contribution in [0.15, 0.2) is 18.2 Å². The molecule has 1 aromatic carbocycles. The molecule has 3 N–H and O–H groups in total. The summed E-state index contributed by atoms with van der Waals surface area (Å²) in [6.45, 7) is 3.03. The highest BCUT2D eigenvalue weighted by atomic mass is 16.5. The predicted molar refractivity (Wildman–Crippen MR) is 68.2 cm³/mol. The van der Waals surface area contributed by atoms with E-state index in [4.69, 9.17) is 10.5 Å². The first kappa shape index (κ1) is 11.1. The summed E-state index contributed by atoms with van der Waals surface area (Å²) in [5, 5.41) is 3.39. The van der Waals surface area contributed by atoms with Crippen LogP contribution in [-0.2, 0) is 6.42 Å². The van der Waals surface area contributed by atoms with Gasteiger partial charge in [-0.25, -0.2) is 0 Å². The van der Waals surface area contributed by atoms with Gasteiger partial charge in [0, 0.05) is 12.5 Å². The molecule has 0 amide bonds. The zero-order chi connectivity index (χ0) is 11.7. The Labute approximate surface area is 102 Å². The van der Waals surface area contributed by atoms with Crippen molar-refractivity contribution >= 4 is 0 Å². The SMILES string of the molecule is N[C@@H](c1ccc2c(c1)CCO2)C1CCNCC1. The molecular weight excluding hydrogens is 212 g/mol. The maximum atomic E-state index is 6.40. The molecule has 3 rings (SSSR count). The molecule has 3 nitrogen and oxygen atoms in total. The van der Waals surface area contributed by atoms with Crippen LogP contribution in [0.2, 0.25) is 0 Å². The lowest BCUT2D eigenvalue weighted by molar-refractivity contribution is 0.322. The van der Waals surface area contributed by atoms with Crippen molar-refractivity contribution in [1.82, 2.24) is 5.32 Å². The van der Waals surface area contributed by atoms with Crippen LogP contribution >= 0.6 is 0 Å². The summed E-state index contributed by atoms with van der Waals surface area (Å²) in [6, 6.07) is 6.65. The molecule has 3 heteroatoms. The summed E-state index contributed by atoms with van der Waals surface area (Å²) in [6.07, 6.45) is 3.41. The lowest BCUT2D eigenvalue weighted by Crippen LogP contribution is -2.33. The molecule has 1 aromatic rings. The Balaban J connectivity index is 1.78. The molecule has 2 heterocycles. The first-order chi connectivity index (χ1) is 8.34. The van der Waals surface area contributed by atoms with E-state index in [0.29, 0.717) is 5.92 Å². The van der Waals surface area contributed by atoms with E-state index < -0.39 is 0 Å². The lowest BCUT2D eigenvalue weighted by atomic mass is 9.86. The second-order valence-electron chi connectivity index (χ2n) is 5.08. The fourth-order valence-electron chi connectivity index (χ4n) is 2.89. The average molecular weight is 232 g/mol. The highest BCUT2D eigenvalue weighted by Crippen LogP contribution is 2.32. The van der Waals surface area contributed by atoms with E-state index in [1.807, 2.05) is 0 Å². The van der Waals surface area contributed by atoms with Crippen molar-refractivity contribution in [2.75, 3.05) is 19.7 Å². The molecule has 0 spiro atoms. The molecule has 2 aliphatic heterocycles. The Kier molecular flexibility index (Phi) is 3.04. The maximum absolute atomic E-state index is 6.40. The Hall–Kier alpha value is -1.06. The molecule has 0 aromatic heterocycles. The second-order valence-corrected chi connectivity index (χ2v) is 5.08. The van der Waals surface area contributed by atoms with Gasteiger partial charge in [0.05, 0.1) is 6.61 Å². The van der Waals surface area contributed by atoms with Crippen molar-refractivity contribution in [3.63, 3.8) is 0 Å². The minimum Gasteiger partial charge on any atom is -0.493 e. The number of benzene rings is 1. The molecule has 1 atom stereocenters. The van der Waals surface area contributed by atoms with Gasteiger partial charge in [0.2, 0.25) is 0 Å². The predicted octanol–water partition coefficient (Wildman–Crippen LogP) is 1.62. The third kappa shape index (κ3) is 2.17. The smallest absolute Gasteiger partial charge is 0.122 e.